The van der Waals surface area contributed by atoms with E-state index in [0.717, 1.165) is 66.7 Å². The molecule has 2 aliphatic rings. The number of likely N-dealkylation sites (N-methyl/N-ethyl adjacent to an activating group) is 1. The average Bonchev–Trinajstić information content (AvgIpc) is 2.89. The number of hydrogen-bond donors (Lipinski definition) is 1. The van der Waals surface area contributed by atoms with Gasteiger partial charge in [0.15, 0.2) is 0 Å². The topological polar surface area (TPSA) is 56.2 Å². The van der Waals surface area contributed by atoms with Crippen LogP contribution in [0.4, 0.5) is 17.1 Å². The van der Waals surface area contributed by atoms with Gasteiger partial charge < -0.3 is 24.8 Å². The summed E-state index contributed by atoms with van der Waals surface area (Å²) in [6, 6.07) is 19.1. The maximum Gasteiger partial charge on any atom is 0.119 e. The fourth-order valence-corrected chi connectivity index (χ4v) is 4.39. The van der Waals surface area contributed by atoms with Gasteiger partial charge in [0.1, 0.15) is 19.0 Å². The zero-order chi connectivity index (χ0) is 23.3. The third-order valence-electron chi connectivity index (χ3n) is 6.26. The standard InChI is InChI=1S/C27H32N6O/c1-31(2)17-18-34-25-9-3-21(4-10-25)26-27-22(11-12-30-26)19-29-20-33(27)24-7-5-23(6-8-24)32-15-13-28-14-16-32/h3-12,19,28H,13-18,20H2,1-2H3. The van der Waals surface area contributed by atoms with Crippen LogP contribution in [0.1, 0.15) is 5.56 Å². The SMILES string of the molecule is CN(C)CCOc1ccc(-c2nccc3c2N(c2ccc(N4CCNCC4)cc2)CN=C3)cc1. The summed E-state index contributed by atoms with van der Waals surface area (Å²) in [5.74, 6) is 0.873. The molecule has 5 rings (SSSR count). The molecule has 0 amide bonds. The molecule has 2 aliphatic heterocycles. The van der Waals surface area contributed by atoms with Gasteiger partial charge in [0.2, 0.25) is 0 Å². The van der Waals surface area contributed by atoms with Gasteiger partial charge in [-0.2, -0.15) is 0 Å². The molecule has 34 heavy (non-hydrogen) atoms. The van der Waals surface area contributed by atoms with Crippen LogP contribution in [0.25, 0.3) is 11.3 Å². The summed E-state index contributed by atoms with van der Waals surface area (Å²) >= 11 is 0. The lowest BCUT2D eigenvalue weighted by molar-refractivity contribution is 0.261. The van der Waals surface area contributed by atoms with Gasteiger partial charge in [0.05, 0.1) is 11.4 Å². The van der Waals surface area contributed by atoms with Crippen LogP contribution in [0.5, 0.6) is 5.75 Å². The van der Waals surface area contributed by atoms with Crippen molar-refractivity contribution in [2.45, 2.75) is 0 Å². The molecule has 2 aromatic carbocycles. The van der Waals surface area contributed by atoms with E-state index in [1.165, 1.54) is 5.69 Å². The molecule has 0 bridgehead atoms. The van der Waals surface area contributed by atoms with Crippen LogP contribution >= 0.6 is 0 Å². The maximum absolute atomic E-state index is 5.87. The molecule has 3 aromatic rings. The van der Waals surface area contributed by atoms with E-state index >= 15 is 0 Å². The number of nitrogens with one attached hydrogen (secondary N) is 1. The average molecular weight is 457 g/mol. The highest BCUT2D eigenvalue weighted by Gasteiger charge is 2.22. The molecule has 7 nitrogen and oxygen atoms in total. The van der Waals surface area contributed by atoms with Gasteiger partial charge in [-0.15, -0.1) is 0 Å². The summed E-state index contributed by atoms with van der Waals surface area (Å²) in [6.45, 7) is 6.27. The molecule has 0 saturated carbocycles. The van der Waals surface area contributed by atoms with Crippen molar-refractivity contribution in [3.05, 3.63) is 66.4 Å². The Morgan fingerprint density at radius 3 is 2.41 bits per heavy atom. The number of piperazine rings is 1. The van der Waals surface area contributed by atoms with Crippen molar-refractivity contribution >= 4 is 23.3 Å². The van der Waals surface area contributed by atoms with E-state index in [9.17, 15) is 0 Å². The number of rotatable bonds is 7. The Hall–Kier alpha value is -3.42. The first kappa shape index (κ1) is 22.4. The summed E-state index contributed by atoms with van der Waals surface area (Å²) in [4.78, 5) is 16.2. The number of fused-ring (bicyclic) bond motifs is 1. The Balaban J connectivity index is 1.40. The maximum atomic E-state index is 5.87. The van der Waals surface area contributed by atoms with Crippen molar-refractivity contribution in [2.75, 3.05) is 69.9 Å². The number of anilines is 3. The minimum absolute atomic E-state index is 0.574. The molecule has 176 valence electrons. The molecule has 3 heterocycles. The molecule has 1 aromatic heterocycles. The van der Waals surface area contributed by atoms with E-state index in [2.05, 4.69) is 61.4 Å². The van der Waals surface area contributed by atoms with Gasteiger partial charge in [-0.3, -0.25) is 9.98 Å². The molecule has 1 N–H and O–H groups in total. The highest BCUT2D eigenvalue weighted by atomic mass is 16.5. The van der Waals surface area contributed by atoms with Crippen molar-refractivity contribution in [3.8, 4) is 17.0 Å². The Morgan fingerprint density at radius 2 is 1.68 bits per heavy atom. The van der Waals surface area contributed by atoms with Crippen molar-refractivity contribution in [2.24, 2.45) is 4.99 Å². The highest BCUT2D eigenvalue weighted by Crippen LogP contribution is 2.38. The van der Waals surface area contributed by atoms with Crippen molar-refractivity contribution in [1.29, 1.82) is 0 Å². The Morgan fingerprint density at radius 1 is 0.941 bits per heavy atom. The van der Waals surface area contributed by atoms with Gasteiger partial charge in [-0.1, -0.05) is 0 Å². The second-order valence-corrected chi connectivity index (χ2v) is 8.91. The Bertz CT molecular complexity index is 1120. The molecule has 0 aliphatic carbocycles. The van der Waals surface area contributed by atoms with E-state index in [1.54, 1.807) is 0 Å². The van der Waals surface area contributed by atoms with E-state index in [1.807, 2.05) is 44.7 Å². The lowest BCUT2D eigenvalue weighted by Gasteiger charge is -2.31. The van der Waals surface area contributed by atoms with Crippen LogP contribution in [-0.4, -0.2) is 76.2 Å². The van der Waals surface area contributed by atoms with E-state index < -0.39 is 0 Å². The number of ether oxygens (including phenoxy) is 1. The van der Waals surface area contributed by atoms with Gasteiger partial charge in [-0.25, -0.2) is 0 Å². The molecule has 0 atom stereocenters. The lowest BCUT2D eigenvalue weighted by Crippen LogP contribution is -2.43. The highest BCUT2D eigenvalue weighted by molar-refractivity contribution is 5.97. The van der Waals surface area contributed by atoms with Gasteiger partial charge >= 0.3 is 0 Å². The zero-order valence-electron chi connectivity index (χ0n) is 19.9. The third kappa shape index (κ3) is 4.90. The summed E-state index contributed by atoms with van der Waals surface area (Å²) in [6.07, 6.45) is 3.81. The second kappa shape index (κ2) is 10.2. The van der Waals surface area contributed by atoms with Crippen LogP contribution < -0.4 is 19.9 Å². The number of nitrogens with zero attached hydrogens (tertiary/aromatic N) is 5. The van der Waals surface area contributed by atoms with Gasteiger partial charge in [0, 0.05) is 67.6 Å². The van der Waals surface area contributed by atoms with Crippen LogP contribution in [0.3, 0.4) is 0 Å². The van der Waals surface area contributed by atoms with Crippen LogP contribution in [-0.2, 0) is 0 Å². The summed E-state index contributed by atoms with van der Waals surface area (Å²) < 4.78 is 5.87. The molecular formula is C27H32N6O. The summed E-state index contributed by atoms with van der Waals surface area (Å²) in [7, 11) is 4.09. The van der Waals surface area contributed by atoms with Gasteiger partial charge in [0.25, 0.3) is 0 Å². The Kier molecular flexibility index (Phi) is 6.74. The fraction of sp³-hybridized carbons (Fsp3) is 0.333. The number of hydrogen-bond acceptors (Lipinski definition) is 7. The molecule has 0 spiro atoms. The third-order valence-corrected chi connectivity index (χ3v) is 6.26. The minimum atomic E-state index is 0.574. The van der Waals surface area contributed by atoms with Crippen molar-refractivity contribution < 1.29 is 4.74 Å². The number of pyridine rings is 1. The monoisotopic (exact) mass is 456 g/mol. The summed E-state index contributed by atoms with van der Waals surface area (Å²) in [5, 5.41) is 3.42. The van der Waals surface area contributed by atoms with E-state index in [4.69, 9.17) is 9.72 Å². The predicted molar refractivity (Wildman–Crippen MR) is 140 cm³/mol. The lowest BCUT2D eigenvalue weighted by atomic mass is 10.0. The van der Waals surface area contributed by atoms with Crippen molar-refractivity contribution in [1.82, 2.24) is 15.2 Å². The largest absolute Gasteiger partial charge is 0.492 e. The van der Waals surface area contributed by atoms with E-state index in [-0.39, 0.29) is 0 Å². The van der Waals surface area contributed by atoms with E-state index in [0.29, 0.717) is 13.3 Å². The van der Waals surface area contributed by atoms with Crippen LogP contribution in [0, 0.1) is 0 Å². The van der Waals surface area contributed by atoms with Crippen LogP contribution in [0.15, 0.2) is 65.8 Å². The first-order chi connectivity index (χ1) is 16.7. The molecule has 0 unspecified atom stereocenters. The molecule has 7 heteroatoms. The second-order valence-electron chi connectivity index (χ2n) is 8.91. The zero-order valence-corrected chi connectivity index (χ0v) is 19.9. The minimum Gasteiger partial charge on any atom is -0.492 e. The van der Waals surface area contributed by atoms with Gasteiger partial charge in [-0.05, 0) is 68.7 Å². The number of aliphatic imine (C=N–C) groups is 1. The number of aromatic nitrogens is 1. The first-order valence-corrected chi connectivity index (χ1v) is 11.9. The molecule has 0 radical (unpaired) electrons. The Labute approximate surface area is 201 Å². The smallest absolute Gasteiger partial charge is 0.119 e. The quantitative estimate of drug-likeness (QED) is 0.586. The predicted octanol–water partition coefficient (Wildman–Crippen LogP) is 3.63. The normalized spacial score (nSPS) is 15.5. The fourth-order valence-electron chi connectivity index (χ4n) is 4.39. The molecule has 1 saturated heterocycles. The summed E-state index contributed by atoms with van der Waals surface area (Å²) in [5.41, 5.74) is 6.57. The van der Waals surface area contributed by atoms with Crippen molar-refractivity contribution in [3.63, 3.8) is 0 Å². The molecular weight excluding hydrogens is 424 g/mol. The molecule has 1 fully saturated rings. The van der Waals surface area contributed by atoms with Crippen LogP contribution in [0.2, 0.25) is 0 Å². The first-order valence-electron chi connectivity index (χ1n) is 11.9. The number of benzene rings is 2.